The van der Waals surface area contributed by atoms with Crippen molar-refractivity contribution in [1.82, 2.24) is 14.7 Å². The zero-order valence-electron chi connectivity index (χ0n) is 12.3. The predicted octanol–water partition coefficient (Wildman–Crippen LogP) is 1.73. The molecule has 1 aromatic carbocycles. The van der Waals surface area contributed by atoms with Gasteiger partial charge in [-0.2, -0.15) is 5.10 Å². The molecule has 7 nitrogen and oxygen atoms in total. The van der Waals surface area contributed by atoms with E-state index in [1.165, 1.54) is 10.9 Å². The number of benzene rings is 1. The molecule has 0 spiro atoms. The number of nitrogens with zero attached hydrogens (tertiary/aromatic N) is 3. The zero-order valence-corrected chi connectivity index (χ0v) is 12.3. The van der Waals surface area contributed by atoms with Crippen molar-refractivity contribution in [2.75, 3.05) is 6.54 Å². The average Bonchev–Trinajstić information content (AvgIpc) is 3.14. The molecule has 1 aromatic heterocycles. The van der Waals surface area contributed by atoms with Crippen LogP contribution in [0.1, 0.15) is 31.1 Å². The second kappa shape index (κ2) is 6.07. The fourth-order valence-electron chi connectivity index (χ4n) is 2.47. The Morgan fingerprint density at radius 1 is 1.17 bits per heavy atom. The zero-order chi connectivity index (χ0) is 17.3. The van der Waals surface area contributed by atoms with E-state index in [-0.39, 0.29) is 35.4 Å². The Labute approximate surface area is 135 Å². The first-order valence-corrected chi connectivity index (χ1v) is 7.00. The Morgan fingerprint density at radius 2 is 1.79 bits per heavy atom. The molecule has 0 saturated carbocycles. The second-order valence-electron chi connectivity index (χ2n) is 5.24. The highest BCUT2D eigenvalue weighted by Crippen LogP contribution is 2.23. The summed E-state index contributed by atoms with van der Waals surface area (Å²) in [4.78, 5) is 36.3. The lowest BCUT2D eigenvalue weighted by Gasteiger charge is -2.15. The molecular formula is C16H12FN3O4. The molecule has 8 heteroatoms. The minimum Gasteiger partial charge on any atom is -0.478 e. The summed E-state index contributed by atoms with van der Waals surface area (Å²) < 4.78 is 14.4. The van der Waals surface area contributed by atoms with E-state index >= 15 is 0 Å². The molecule has 2 heterocycles. The van der Waals surface area contributed by atoms with Crippen molar-refractivity contribution >= 4 is 17.8 Å². The van der Waals surface area contributed by atoms with E-state index in [0.29, 0.717) is 6.33 Å². The number of carboxylic acid groups (broad SMARTS) is 1. The van der Waals surface area contributed by atoms with Crippen LogP contribution >= 0.6 is 0 Å². The van der Waals surface area contributed by atoms with Crippen molar-refractivity contribution in [2.45, 2.75) is 6.54 Å². The van der Waals surface area contributed by atoms with Crippen molar-refractivity contribution in [3.05, 3.63) is 65.3 Å². The number of rotatable bonds is 5. The lowest BCUT2D eigenvalue weighted by Crippen LogP contribution is -2.32. The molecule has 2 aromatic rings. The summed E-state index contributed by atoms with van der Waals surface area (Å²) in [5.41, 5.74) is 0.652. The molecule has 0 saturated heterocycles. The van der Waals surface area contributed by atoms with Gasteiger partial charge in [0.15, 0.2) is 0 Å². The number of aromatic nitrogens is 2. The predicted molar refractivity (Wildman–Crippen MR) is 80.2 cm³/mol. The van der Waals surface area contributed by atoms with Gasteiger partial charge in [0.25, 0.3) is 11.8 Å². The third-order valence-electron chi connectivity index (χ3n) is 3.64. The van der Waals surface area contributed by atoms with Crippen LogP contribution in [-0.4, -0.2) is 44.1 Å². The third-order valence-corrected chi connectivity index (χ3v) is 3.64. The Bertz CT molecular complexity index is 837. The fourth-order valence-corrected chi connectivity index (χ4v) is 2.47. The van der Waals surface area contributed by atoms with E-state index in [0.717, 1.165) is 11.1 Å². The molecule has 1 aliphatic heterocycles. The topological polar surface area (TPSA) is 92.5 Å². The Hall–Kier alpha value is -3.29. The van der Waals surface area contributed by atoms with Gasteiger partial charge >= 0.3 is 5.97 Å². The number of amides is 2. The number of fused-ring (bicyclic) bond motifs is 1. The molecule has 0 fully saturated rings. The summed E-state index contributed by atoms with van der Waals surface area (Å²) in [6.45, 7) is -0.303. The van der Waals surface area contributed by atoms with E-state index in [2.05, 4.69) is 5.10 Å². The van der Waals surface area contributed by atoms with Gasteiger partial charge in [-0.25, -0.2) is 9.18 Å². The number of carboxylic acids is 1. The lowest BCUT2D eigenvalue weighted by molar-refractivity contribution is 0.0662. The first kappa shape index (κ1) is 15.6. The van der Waals surface area contributed by atoms with Crippen LogP contribution in [-0.2, 0) is 6.54 Å². The van der Waals surface area contributed by atoms with Gasteiger partial charge in [0.2, 0.25) is 0 Å². The van der Waals surface area contributed by atoms with Gasteiger partial charge in [0.05, 0.1) is 42.3 Å². The van der Waals surface area contributed by atoms with E-state index in [9.17, 15) is 18.8 Å². The van der Waals surface area contributed by atoms with E-state index in [1.807, 2.05) is 0 Å². The quantitative estimate of drug-likeness (QED) is 0.843. The molecule has 3 rings (SSSR count). The van der Waals surface area contributed by atoms with Crippen molar-refractivity contribution in [3.8, 4) is 0 Å². The van der Waals surface area contributed by atoms with Gasteiger partial charge in [0.1, 0.15) is 0 Å². The third kappa shape index (κ3) is 2.69. The van der Waals surface area contributed by atoms with Crippen LogP contribution in [0, 0.1) is 0 Å². The van der Waals surface area contributed by atoms with Crippen LogP contribution in [0.15, 0.2) is 48.6 Å². The van der Waals surface area contributed by atoms with Gasteiger partial charge in [-0.1, -0.05) is 12.1 Å². The largest absolute Gasteiger partial charge is 0.478 e. The summed E-state index contributed by atoms with van der Waals surface area (Å²) >= 11 is 0. The van der Waals surface area contributed by atoms with Crippen LogP contribution in [0.3, 0.4) is 0 Å². The Kier molecular flexibility index (Phi) is 3.95. The van der Waals surface area contributed by atoms with Crippen molar-refractivity contribution in [2.24, 2.45) is 0 Å². The van der Waals surface area contributed by atoms with E-state index in [4.69, 9.17) is 5.11 Å². The number of halogens is 1. The molecule has 0 unspecified atom stereocenters. The molecule has 0 aliphatic carbocycles. The highest BCUT2D eigenvalue weighted by molar-refractivity contribution is 6.21. The second-order valence-corrected chi connectivity index (χ2v) is 5.24. The highest BCUT2D eigenvalue weighted by atomic mass is 19.1. The number of carbonyl (C=O) groups excluding carboxylic acids is 2. The molecule has 24 heavy (non-hydrogen) atoms. The van der Waals surface area contributed by atoms with Gasteiger partial charge < -0.3 is 5.11 Å². The number of aromatic carboxylic acids is 1. The molecule has 2 amide bonds. The van der Waals surface area contributed by atoms with Crippen LogP contribution < -0.4 is 0 Å². The van der Waals surface area contributed by atoms with Crippen LogP contribution in [0.2, 0.25) is 0 Å². The monoisotopic (exact) mass is 329 g/mol. The fraction of sp³-hybridized carbons (Fsp3) is 0.125. The first-order chi connectivity index (χ1) is 11.5. The molecular weight excluding hydrogens is 317 g/mol. The summed E-state index contributed by atoms with van der Waals surface area (Å²) in [5.74, 6) is -2.12. The summed E-state index contributed by atoms with van der Waals surface area (Å²) in [6, 6.07) is 6.38. The maximum absolute atomic E-state index is 13.2. The normalized spacial score (nSPS) is 14.2. The smallest absolute Gasteiger partial charge is 0.338 e. The van der Waals surface area contributed by atoms with Crippen molar-refractivity contribution < 1.29 is 23.9 Å². The molecule has 0 radical (unpaired) electrons. The summed E-state index contributed by atoms with van der Waals surface area (Å²) in [6.07, 6.45) is 2.68. The van der Waals surface area contributed by atoms with E-state index in [1.54, 1.807) is 24.3 Å². The molecule has 1 N–H and O–H groups in total. The molecule has 0 atom stereocenters. The SMILES string of the molecule is O=C(O)c1cnn(CC(=CF)CN2C(=O)c3ccccc3C2=O)c1. The number of hydrogen-bond acceptors (Lipinski definition) is 4. The number of carbonyl (C=O) groups is 3. The maximum Gasteiger partial charge on any atom is 0.338 e. The van der Waals surface area contributed by atoms with Crippen molar-refractivity contribution in [3.63, 3.8) is 0 Å². The lowest BCUT2D eigenvalue weighted by atomic mass is 10.1. The van der Waals surface area contributed by atoms with Crippen LogP contribution in [0.5, 0.6) is 0 Å². The maximum atomic E-state index is 13.2. The van der Waals surface area contributed by atoms with Crippen LogP contribution in [0.4, 0.5) is 4.39 Å². The minimum atomic E-state index is -1.15. The minimum absolute atomic E-state index is 0.0334. The van der Waals surface area contributed by atoms with E-state index < -0.39 is 17.8 Å². The summed E-state index contributed by atoms with van der Waals surface area (Å²) in [5, 5.41) is 12.7. The van der Waals surface area contributed by atoms with Crippen molar-refractivity contribution in [1.29, 1.82) is 0 Å². The van der Waals surface area contributed by atoms with Gasteiger partial charge in [0, 0.05) is 6.20 Å². The first-order valence-electron chi connectivity index (χ1n) is 7.00. The highest BCUT2D eigenvalue weighted by Gasteiger charge is 2.35. The summed E-state index contributed by atoms with van der Waals surface area (Å²) in [7, 11) is 0. The van der Waals surface area contributed by atoms with Crippen LogP contribution in [0.25, 0.3) is 0 Å². The standard InChI is InChI=1S/C16H12FN3O4/c17-5-10(7-19-9-11(6-18-19)16(23)24)8-20-14(21)12-3-1-2-4-13(12)15(20)22/h1-6,9H,7-8H2,(H,23,24). The van der Waals surface area contributed by atoms with Gasteiger partial charge in [-0.05, 0) is 17.7 Å². The number of imide groups is 1. The Morgan fingerprint density at radius 3 is 2.29 bits per heavy atom. The number of hydrogen-bond donors (Lipinski definition) is 1. The molecule has 122 valence electrons. The molecule has 1 aliphatic rings. The average molecular weight is 329 g/mol. The van der Waals surface area contributed by atoms with Gasteiger partial charge in [-0.15, -0.1) is 0 Å². The molecule has 0 bridgehead atoms. The van der Waals surface area contributed by atoms with Gasteiger partial charge in [-0.3, -0.25) is 19.2 Å². The Balaban J connectivity index is 1.76.